The molecule has 1 saturated carbocycles. The maximum Gasteiger partial charge on any atom is 0.319 e. The van der Waals surface area contributed by atoms with Crippen LogP contribution in [0.5, 0.6) is 0 Å². The van der Waals surface area contributed by atoms with Crippen LogP contribution in [0, 0.1) is 25.5 Å². The van der Waals surface area contributed by atoms with E-state index in [4.69, 9.17) is 4.74 Å². The summed E-state index contributed by atoms with van der Waals surface area (Å²) in [6, 6.07) is 9.54. The van der Waals surface area contributed by atoms with Gasteiger partial charge < -0.3 is 15.4 Å². The van der Waals surface area contributed by atoms with Crippen molar-refractivity contribution in [2.24, 2.45) is 0 Å². The first-order chi connectivity index (χ1) is 13.4. The quantitative estimate of drug-likeness (QED) is 0.737. The maximum absolute atomic E-state index is 13.7. The molecule has 2 amide bonds. The molecular formula is C22H26F2N2O2. The molecular weight excluding hydrogens is 362 g/mol. The average Bonchev–Trinajstić information content (AvgIpc) is 2.66. The topological polar surface area (TPSA) is 50.4 Å². The van der Waals surface area contributed by atoms with Gasteiger partial charge in [0.1, 0.15) is 11.6 Å². The summed E-state index contributed by atoms with van der Waals surface area (Å²) in [6.45, 7) is 3.85. The molecule has 1 aliphatic rings. The number of carbonyl (C=O) groups is 1. The molecule has 0 bridgehead atoms. The third kappa shape index (κ3) is 5.07. The third-order valence-corrected chi connectivity index (χ3v) is 5.25. The molecule has 2 aromatic rings. The first-order valence-corrected chi connectivity index (χ1v) is 9.62. The van der Waals surface area contributed by atoms with Crippen LogP contribution in [-0.2, 0) is 11.3 Å². The zero-order valence-corrected chi connectivity index (χ0v) is 16.2. The highest BCUT2D eigenvalue weighted by atomic mass is 19.1. The first kappa shape index (κ1) is 20.3. The smallest absolute Gasteiger partial charge is 0.319 e. The van der Waals surface area contributed by atoms with Crippen LogP contribution in [0.1, 0.15) is 42.4 Å². The van der Waals surface area contributed by atoms with E-state index in [0.717, 1.165) is 42.5 Å². The largest absolute Gasteiger partial charge is 0.373 e. The number of ether oxygens (including phenoxy) is 1. The Labute approximate surface area is 164 Å². The van der Waals surface area contributed by atoms with E-state index < -0.39 is 11.6 Å². The minimum Gasteiger partial charge on any atom is -0.373 e. The number of para-hydroxylation sites is 1. The number of urea groups is 1. The highest BCUT2D eigenvalue weighted by Crippen LogP contribution is 2.24. The van der Waals surface area contributed by atoms with Gasteiger partial charge in [0.15, 0.2) is 0 Å². The maximum atomic E-state index is 13.7. The van der Waals surface area contributed by atoms with Crippen LogP contribution in [0.2, 0.25) is 0 Å². The molecule has 3 rings (SSSR count). The molecule has 0 aromatic heterocycles. The van der Waals surface area contributed by atoms with E-state index in [1.807, 2.05) is 32.0 Å². The molecule has 0 spiro atoms. The Morgan fingerprint density at radius 2 is 1.57 bits per heavy atom. The highest BCUT2D eigenvalue weighted by Gasteiger charge is 2.24. The van der Waals surface area contributed by atoms with Crippen molar-refractivity contribution in [3.05, 3.63) is 64.7 Å². The Morgan fingerprint density at radius 3 is 2.18 bits per heavy atom. The van der Waals surface area contributed by atoms with Crippen molar-refractivity contribution >= 4 is 11.7 Å². The first-order valence-electron chi connectivity index (χ1n) is 9.62. The molecule has 28 heavy (non-hydrogen) atoms. The summed E-state index contributed by atoms with van der Waals surface area (Å²) in [5.74, 6) is -1.17. The van der Waals surface area contributed by atoms with Gasteiger partial charge in [0.2, 0.25) is 0 Å². The molecule has 1 aliphatic carbocycles. The van der Waals surface area contributed by atoms with Crippen molar-refractivity contribution in [3.63, 3.8) is 0 Å². The fourth-order valence-corrected chi connectivity index (χ4v) is 3.59. The Morgan fingerprint density at radius 1 is 1.00 bits per heavy atom. The Kier molecular flexibility index (Phi) is 6.62. The normalized spacial score (nSPS) is 19.3. The van der Waals surface area contributed by atoms with Gasteiger partial charge in [-0.15, -0.1) is 0 Å². The van der Waals surface area contributed by atoms with Crippen molar-refractivity contribution in [2.45, 2.75) is 58.3 Å². The zero-order chi connectivity index (χ0) is 20.1. The molecule has 0 saturated heterocycles. The van der Waals surface area contributed by atoms with Crippen molar-refractivity contribution in [3.8, 4) is 0 Å². The molecule has 0 atom stereocenters. The predicted octanol–water partition coefficient (Wildman–Crippen LogP) is 5.23. The van der Waals surface area contributed by atoms with Crippen LogP contribution in [0.4, 0.5) is 19.3 Å². The number of hydrogen-bond donors (Lipinski definition) is 2. The third-order valence-electron chi connectivity index (χ3n) is 5.25. The van der Waals surface area contributed by atoms with Gasteiger partial charge in [-0.1, -0.05) is 24.3 Å². The number of hydrogen-bond acceptors (Lipinski definition) is 2. The summed E-state index contributed by atoms with van der Waals surface area (Å²) in [5.41, 5.74) is 2.85. The average molecular weight is 388 g/mol. The summed E-state index contributed by atoms with van der Waals surface area (Å²) in [6.07, 6.45) is 2.96. The minimum atomic E-state index is -0.585. The lowest BCUT2D eigenvalue weighted by Crippen LogP contribution is -2.41. The fraction of sp³-hybridized carbons (Fsp3) is 0.409. The van der Waals surface area contributed by atoms with E-state index in [2.05, 4.69) is 10.6 Å². The molecule has 0 aliphatic heterocycles. The molecule has 6 heteroatoms. The predicted molar refractivity (Wildman–Crippen MR) is 105 cm³/mol. The highest BCUT2D eigenvalue weighted by molar-refractivity contribution is 5.91. The molecule has 0 radical (unpaired) electrons. The van der Waals surface area contributed by atoms with Crippen LogP contribution in [0.3, 0.4) is 0 Å². The fourth-order valence-electron chi connectivity index (χ4n) is 3.59. The van der Waals surface area contributed by atoms with Gasteiger partial charge in [-0.05, 0) is 62.8 Å². The van der Waals surface area contributed by atoms with Gasteiger partial charge >= 0.3 is 6.03 Å². The summed E-state index contributed by atoms with van der Waals surface area (Å²) in [7, 11) is 0. The monoisotopic (exact) mass is 388 g/mol. The van der Waals surface area contributed by atoms with E-state index in [1.54, 1.807) is 0 Å². The van der Waals surface area contributed by atoms with Gasteiger partial charge in [-0.25, -0.2) is 13.6 Å². The number of aryl methyl sites for hydroxylation is 2. The van der Waals surface area contributed by atoms with Crippen molar-refractivity contribution in [1.29, 1.82) is 0 Å². The number of nitrogens with one attached hydrogen (secondary N) is 2. The van der Waals surface area contributed by atoms with E-state index >= 15 is 0 Å². The number of amides is 2. The van der Waals surface area contributed by atoms with Crippen LogP contribution in [-0.4, -0.2) is 18.2 Å². The van der Waals surface area contributed by atoms with Crippen LogP contribution in [0.25, 0.3) is 0 Å². The molecule has 2 N–H and O–H groups in total. The van der Waals surface area contributed by atoms with Gasteiger partial charge in [0, 0.05) is 17.3 Å². The van der Waals surface area contributed by atoms with Crippen LogP contribution in [0.15, 0.2) is 36.4 Å². The second kappa shape index (κ2) is 9.15. The molecule has 0 unspecified atom stereocenters. The molecule has 0 heterocycles. The minimum absolute atomic E-state index is 0.0317. The lowest BCUT2D eigenvalue weighted by molar-refractivity contribution is 0.00964. The Bertz CT molecular complexity index is 793. The number of rotatable bonds is 5. The van der Waals surface area contributed by atoms with Gasteiger partial charge in [-0.2, -0.15) is 0 Å². The summed E-state index contributed by atoms with van der Waals surface area (Å²) in [4.78, 5) is 12.3. The van der Waals surface area contributed by atoms with E-state index in [9.17, 15) is 13.6 Å². The Hall–Kier alpha value is -2.47. The lowest BCUT2D eigenvalue weighted by atomic mass is 9.93. The van der Waals surface area contributed by atoms with Crippen molar-refractivity contribution in [1.82, 2.24) is 5.32 Å². The van der Waals surface area contributed by atoms with Gasteiger partial charge in [0.25, 0.3) is 0 Å². The molecule has 2 aromatic carbocycles. The second-order valence-electron chi connectivity index (χ2n) is 7.35. The van der Waals surface area contributed by atoms with Crippen LogP contribution < -0.4 is 10.6 Å². The van der Waals surface area contributed by atoms with Gasteiger partial charge in [-0.3, -0.25) is 0 Å². The van der Waals surface area contributed by atoms with E-state index in [-0.39, 0.29) is 30.3 Å². The number of anilines is 1. The lowest BCUT2D eigenvalue weighted by Gasteiger charge is -2.29. The zero-order valence-electron chi connectivity index (χ0n) is 16.2. The molecule has 1 fully saturated rings. The van der Waals surface area contributed by atoms with E-state index in [1.165, 1.54) is 18.2 Å². The van der Waals surface area contributed by atoms with Crippen molar-refractivity contribution < 1.29 is 18.3 Å². The summed E-state index contributed by atoms with van der Waals surface area (Å²) in [5, 5.41) is 5.94. The number of halogens is 2. The summed E-state index contributed by atoms with van der Waals surface area (Å²) >= 11 is 0. The standard InChI is InChI=1S/C22H26F2N2O2/c1-14-5-3-6-15(2)21(14)26-22(27)25-16-9-11-17(12-10-16)28-13-18-19(23)7-4-8-20(18)24/h3-8,16-17H,9-13H2,1-2H3,(H2,25,26,27)/t16-,17-. The van der Waals surface area contributed by atoms with Crippen molar-refractivity contribution in [2.75, 3.05) is 5.32 Å². The number of benzene rings is 2. The number of carbonyl (C=O) groups excluding carboxylic acids is 1. The van der Waals surface area contributed by atoms with Gasteiger partial charge in [0.05, 0.1) is 12.7 Å². The summed E-state index contributed by atoms with van der Waals surface area (Å²) < 4.78 is 33.0. The Balaban J connectivity index is 1.44. The van der Waals surface area contributed by atoms with E-state index in [0.29, 0.717) is 0 Å². The second-order valence-corrected chi connectivity index (χ2v) is 7.35. The molecule has 4 nitrogen and oxygen atoms in total. The SMILES string of the molecule is Cc1cccc(C)c1NC(=O)N[C@H]1CC[C@H](OCc2c(F)cccc2F)CC1. The van der Waals surface area contributed by atoms with Crippen LogP contribution >= 0.6 is 0 Å². The molecule has 150 valence electrons.